The Morgan fingerprint density at radius 2 is 1.78 bits per heavy atom. The maximum Gasteiger partial charge on any atom is 0.00793 e. The van der Waals surface area contributed by atoms with Crippen molar-refractivity contribution >= 4 is 0 Å². The number of hydrogen-bond acceptors (Lipinski definition) is 2. The average molecular weight is 252 g/mol. The summed E-state index contributed by atoms with van der Waals surface area (Å²) in [7, 11) is 0. The summed E-state index contributed by atoms with van der Waals surface area (Å²) in [6, 6.07) is 0.470. The van der Waals surface area contributed by atoms with Crippen LogP contribution in [0.5, 0.6) is 0 Å². The molecule has 2 aliphatic rings. The number of nitrogens with two attached hydrogens (primary N) is 1. The summed E-state index contributed by atoms with van der Waals surface area (Å²) < 4.78 is 0. The van der Waals surface area contributed by atoms with Crippen molar-refractivity contribution in [1.29, 1.82) is 0 Å². The van der Waals surface area contributed by atoms with Gasteiger partial charge in [-0.15, -0.1) is 0 Å². The highest BCUT2D eigenvalue weighted by Gasteiger charge is 2.24. The lowest BCUT2D eigenvalue weighted by molar-refractivity contribution is 0.210. The van der Waals surface area contributed by atoms with E-state index in [9.17, 15) is 0 Å². The van der Waals surface area contributed by atoms with Crippen molar-refractivity contribution in [3.8, 4) is 0 Å². The van der Waals surface area contributed by atoms with Gasteiger partial charge in [0.15, 0.2) is 0 Å². The summed E-state index contributed by atoms with van der Waals surface area (Å²) in [6.45, 7) is 6.26. The molecule has 106 valence electrons. The van der Waals surface area contributed by atoms with E-state index in [1.807, 2.05) is 0 Å². The molecule has 1 saturated carbocycles. The highest BCUT2D eigenvalue weighted by Crippen LogP contribution is 2.25. The van der Waals surface area contributed by atoms with Crippen LogP contribution in [0.3, 0.4) is 0 Å². The Bertz CT molecular complexity index is 229. The Kier molecular flexibility index (Phi) is 5.97. The summed E-state index contributed by atoms with van der Waals surface area (Å²) in [4.78, 5) is 2.71. The first-order chi connectivity index (χ1) is 8.79. The van der Waals surface area contributed by atoms with Crippen molar-refractivity contribution in [2.45, 2.75) is 70.8 Å². The van der Waals surface area contributed by atoms with Crippen LogP contribution < -0.4 is 5.73 Å². The van der Waals surface area contributed by atoms with Crippen molar-refractivity contribution in [1.82, 2.24) is 4.90 Å². The van der Waals surface area contributed by atoms with Gasteiger partial charge in [0.25, 0.3) is 0 Å². The molecule has 1 aliphatic heterocycles. The van der Waals surface area contributed by atoms with Crippen molar-refractivity contribution in [2.24, 2.45) is 17.6 Å². The van der Waals surface area contributed by atoms with E-state index >= 15 is 0 Å². The zero-order valence-electron chi connectivity index (χ0n) is 12.2. The van der Waals surface area contributed by atoms with E-state index in [0.717, 1.165) is 11.8 Å². The Labute approximate surface area is 113 Å². The molecule has 0 aromatic rings. The van der Waals surface area contributed by atoms with Crippen LogP contribution in [0.25, 0.3) is 0 Å². The second-order valence-electron chi connectivity index (χ2n) is 6.57. The average Bonchev–Trinajstić information content (AvgIpc) is 2.72. The molecule has 2 fully saturated rings. The number of nitrogens with zero attached hydrogens (tertiary/aromatic N) is 1. The van der Waals surface area contributed by atoms with Crippen molar-refractivity contribution in [3.63, 3.8) is 0 Å². The van der Waals surface area contributed by atoms with Gasteiger partial charge in [0.1, 0.15) is 0 Å². The van der Waals surface area contributed by atoms with E-state index in [2.05, 4.69) is 11.8 Å². The smallest absolute Gasteiger partial charge is 0.00793 e. The third-order valence-corrected chi connectivity index (χ3v) is 5.23. The van der Waals surface area contributed by atoms with Crippen molar-refractivity contribution in [2.75, 3.05) is 19.6 Å². The summed E-state index contributed by atoms with van der Waals surface area (Å²) in [5.41, 5.74) is 6.36. The number of rotatable bonds is 3. The Balaban J connectivity index is 1.80. The minimum Gasteiger partial charge on any atom is -0.327 e. The molecule has 0 bridgehead atoms. The normalized spacial score (nSPS) is 36.0. The highest BCUT2D eigenvalue weighted by atomic mass is 15.1. The fraction of sp³-hybridized carbons (Fsp3) is 1.00. The molecule has 3 atom stereocenters. The van der Waals surface area contributed by atoms with Gasteiger partial charge >= 0.3 is 0 Å². The molecule has 0 amide bonds. The predicted molar refractivity (Wildman–Crippen MR) is 78.6 cm³/mol. The monoisotopic (exact) mass is 252 g/mol. The van der Waals surface area contributed by atoms with Crippen LogP contribution in [0.4, 0.5) is 0 Å². The molecule has 0 aromatic carbocycles. The van der Waals surface area contributed by atoms with E-state index in [-0.39, 0.29) is 0 Å². The fourth-order valence-electron chi connectivity index (χ4n) is 3.79. The van der Waals surface area contributed by atoms with Gasteiger partial charge in [-0.05, 0) is 57.0 Å². The maximum absolute atomic E-state index is 6.36. The van der Waals surface area contributed by atoms with E-state index in [4.69, 9.17) is 5.73 Å². The zero-order valence-corrected chi connectivity index (χ0v) is 12.2. The zero-order chi connectivity index (χ0) is 12.8. The largest absolute Gasteiger partial charge is 0.327 e. The first kappa shape index (κ1) is 14.3. The third-order valence-electron chi connectivity index (χ3n) is 5.23. The van der Waals surface area contributed by atoms with Crippen molar-refractivity contribution < 1.29 is 0 Å². The first-order valence-corrected chi connectivity index (χ1v) is 8.27. The molecule has 2 heteroatoms. The molecular formula is C16H32N2. The highest BCUT2D eigenvalue weighted by molar-refractivity contribution is 4.80. The summed E-state index contributed by atoms with van der Waals surface area (Å²) >= 11 is 0. The minimum absolute atomic E-state index is 0.470. The number of likely N-dealkylation sites (tertiary alicyclic amines) is 1. The fourth-order valence-corrected chi connectivity index (χ4v) is 3.79. The molecule has 1 heterocycles. The molecule has 3 unspecified atom stereocenters. The first-order valence-electron chi connectivity index (χ1n) is 8.27. The quantitative estimate of drug-likeness (QED) is 0.780. The molecule has 1 aliphatic carbocycles. The van der Waals surface area contributed by atoms with E-state index in [1.54, 1.807) is 0 Å². The second kappa shape index (κ2) is 7.49. The molecule has 0 aromatic heterocycles. The Hall–Kier alpha value is -0.0800. The molecule has 1 saturated heterocycles. The van der Waals surface area contributed by atoms with E-state index in [0.29, 0.717) is 6.04 Å². The lowest BCUT2D eigenvalue weighted by Gasteiger charge is -2.29. The van der Waals surface area contributed by atoms with E-state index in [1.165, 1.54) is 77.4 Å². The van der Waals surface area contributed by atoms with Gasteiger partial charge < -0.3 is 10.6 Å². The van der Waals surface area contributed by atoms with Gasteiger partial charge in [-0.25, -0.2) is 0 Å². The summed E-state index contributed by atoms with van der Waals surface area (Å²) in [6.07, 6.45) is 12.4. The van der Waals surface area contributed by atoms with Gasteiger partial charge in [-0.3, -0.25) is 0 Å². The Morgan fingerprint density at radius 3 is 2.61 bits per heavy atom. The molecule has 2 rings (SSSR count). The molecule has 18 heavy (non-hydrogen) atoms. The van der Waals surface area contributed by atoms with Gasteiger partial charge in [-0.2, -0.15) is 0 Å². The van der Waals surface area contributed by atoms with Crippen LogP contribution in [-0.4, -0.2) is 30.6 Å². The summed E-state index contributed by atoms with van der Waals surface area (Å²) in [5, 5.41) is 0. The van der Waals surface area contributed by atoms with Crippen LogP contribution in [0.15, 0.2) is 0 Å². The van der Waals surface area contributed by atoms with Crippen molar-refractivity contribution in [3.05, 3.63) is 0 Å². The van der Waals surface area contributed by atoms with Gasteiger partial charge in [0.05, 0.1) is 0 Å². The van der Waals surface area contributed by atoms with E-state index < -0.39 is 0 Å². The second-order valence-corrected chi connectivity index (χ2v) is 6.57. The SMILES string of the molecule is CCC1CCCN(CC2CCCCCC2N)CC1. The van der Waals surface area contributed by atoms with Crippen LogP contribution in [0.1, 0.15) is 64.7 Å². The van der Waals surface area contributed by atoms with Gasteiger partial charge in [0.2, 0.25) is 0 Å². The van der Waals surface area contributed by atoms with Crippen LogP contribution in [-0.2, 0) is 0 Å². The topological polar surface area (TPSA) is 29.3 Å². The predicted octanol–water partition coefficient (Wildman–Crippen LogP) is 3.41. The lowest BCUT2D eigenvalue weighted by atomic mass is 9.95. The molecule has 0 spiro atoms. The number of hydrogen-bond donors (Lipinski definition) is 1. The maximum atomic E-state index is 6.36. The molecular weight excluding hydrogens is 220 g/mol. The lowest BCUT2D eigenvalue weighted by Crippen LogP contribution is -2.39. The minimum atomic E-state index is 0.470. The van der Waals surface area contributed by atoms with Gasteiger partial charge in [-0.1, -0.05) is 32.6 Å². The van der Waals surface area contributed by atoms with Gasteiger partial charge in [0, 0.05) is 12.6 Å². The van der Waals surface area contributed by atoms with Crippen LogP contribution in [0.2, 0.25) is 0 Å². The third kappa shape index (κ3) is 4.24. The molecule has 2 nitrogen and oxygen atoms in total. The molecule has 2 N–H and O–H groups in total. The van der Waals surface area contributed by atoms with Crippen LogP contribution in [0, 0.1) is 11.8 Å². The Morgan fingerprint density at radius 1 is 0.944 bits per heavy atom. The van der Waals surface area contributed by atoms with Crippen LogP contribution >= 0.6 is 0 Å². The summed E-state index contributed by atoms with van der Waals surface area (Å²) in [5.74, 6) is 1.75. The molecule has 0 radical (unpaired) electrons. The standard InChI is InChI=1S/C16H32N2/c1-2-14-7-6-11-18(12-10-14)13-15-8-4-3-5-9-16(15)17/h14-16H,2-13,17H2,1H3.